The summed E-state index contributed by atoms with van der Waals surface area (Å²) in [5.41, 5.74) is 0. The molecule has 0 aromatic carbocycles. The van der Waals surface area contributed by atoms with Gasteiger partial charge < -0.3 is 14.6 Å². The molecule has 1 N–H and O–H groups in total. The molecule has 0 aliphatic carbocycles. The number of rotatable bonds is 8. The monoisotopic (exact) mass is 266 g/mol. The van der Waals surface area contributed by atoms with Crippen molar-refractivity contribution in [2.45, 2.75) is 19.9 Å². The zero-order chi connectivity index (χ0) is 12.6. The molecule has 6 heteroatoms. The molecule has 0 saturated heterocycles. The number of aromatic nitrogens is 3. The molecule has 0 aliphatic rings. The quantitative estimate of drug-likeness (QED) is 0.744. The fourth-order valence-corrected chi connectivity index (χ4v) is 2.21. The van der Waals surface area contributed by atoms with Crippen LogP contribution in [0.2, 0.25) is 0 Å². The first-order chi connectivity index (χ1) is 8.90. The average molecular weight is 266 g/mol. The summed E-state index contributed by atoms with van der Waals surface area (Å²) in [6.45, 7) is 5.21. The van der Waals surface area contributed by atoms with E-state index in [-0.39, 0.29) is 0 Å². The third kappa shape index (κ3) is 3.82. The van der Waals surface area contributed by atoms with Gasteiger partial charge in [0.1, 0.15) is 5.01 Å². The maximum absolute atomic E-state index is 5.29. The fraction of sp³-hybridized carbons (Fsp3) is 0.500. The van der Waals surface area contributed by atoms with Crippen molar-refractivity contribution in [3.63, 3.8) is 0 Å². The molecule has 0 amide bonds. The molecule has 2 aromatic rings. The summed E-state index contributed by atoms with van der Waals surface area (Å²) in [6.07, 6.45) is 6.58. The van der Waals surface area contributed by atoms with Crippen molar-refractivity contribution in [2.75, 3.05) is 25.1 Å². The van der Waals surface area contributed by atoms with Gasteiger partial charge in [-0.25, -0.2) is 9.97 Å². The number of thiazole rings is 1. The molecule has 98 valence electrons. The SMILES string of the molecule is CCOCCCNc1nccn1Cc1nccs1. The molecule has 5 nitrogen and oxygen atoms in total. The summed E-state index contributed by atoms with van der Waals surface area (Å²) in [6, 6.07) is 0. The highest BCUT2D eigenvalue weighted by atomic mass is 32.1. The lowest BCUT2D eigenvalue weighted by Crippen LogP contribution is -2.11. The van der Waals surface area contributed by atoms with Crippen molar-refractivity contribution in [2.24, 2.45) is 0 Å². The van der Waals surface area contributed by atoms with E-state index in [0.29, 0.717) is 0 Å². The second kappa shape index (κ2) is 7.13. The van der Waals surface area contributed by atoms with Crippen LogP contribution >= 0.6 is 11.3 Å². The van der Waals surface area contributed by atoms with Gasteiger partial charge in [0.05, 0.1) is 6.54 Å². The molecule has 0 bridgehead atoms. The number of imidazole rings is 1. The third-order valence-electron chi connectivity index (χ3n) is 2.46. The maximum Gasteiger partial charge on any atom is 0.203 e. The van der Waals surface area contributed by atoms with Crippen LogP contribution in [-0.2, 0) is 11.3 Å². The van der Waals surface area contributed by atoms with Crippen molar-refractivity contribution < 1.29 is 4.74 Å². The number of nitrogens with zero attached hydrogens (tertiary/aromatic N) is 3. The van der Waals surface area contributed by atoms with E-state index in [0.717, 1.165) is 43.7 Å². The van der Waals surface area contributed by atoms with E-state index in [2.05, 4.69) is 19.9 Å². The average Bonchev–Trinajstić information content (AvgIpc) is 3.02. The Labute approximate surface area is 111 Å². The van der Waals surface area contributed by atoms with Gasteiger partial charge in [0, 0.05) is 43.7 Å². The number of ether oxygens (including phenoxy) is 1. The Hall–Kier alpha value is -1.40. The molecular formula is C12H18N4OS. The number of nitrogens with one attached hydrogen (secondary N) is 1. The second-order valence-corrected chi connectivity index (χ2v) is 4.76. The van der Waals surface area contributed by atoms with Gasteiger partial charge in [-0.1, -0.05) is 0 Å². The van der Waals surface area contributed by atoms with Crippen LogP contribution in [0.15, 0.2) is 24.0 Å². The van der Waals surface area contributed by atoms with Crippen LogP contribution in [0.5, 0.6) is 0 Å². The van der Waals surface area contributed by atoms with Gasteiger partial charge >= 0.3 is 0 Å². The Bertz CT molecular complexity index is 441. The van der Waals surface area contributed by atoms with Crippen LogP contribution in [-0.4, -0.2) is 34.3 Å². The van der Waals surface area contributed by atoms with Crippen LogP contribution in [0.25, 0.3) is 0 Å². The smallest absolute Gasteiger partial charge is 0.203 e. The summed E-state index contributed by atoms with van der Waals surface area (Å²) in [7, 11) is 0. The normalized spacial score (nSPS) is 10.7. The predicted molar refractivity (Wildman–Crippen MR) is 73.0 cm³/mol. The molecule has 0 radical (unpaired) electrons. The zero-order valence-corrected chi connectivity index (χ0v) is 11.3. The Balaban J connectivity index is 1.80. The van der Waals surface area contributed by atoms with Crippen LogP contribution < -0.4 is 5.32 Å². The van der Waals surface area contributed by atoms with Crippen molar-refractivity contribution in [3.05, 3.63) is 29.0 Å². The van der Waals surface area contributed by atoms with Crippen LogP contribution in [0.3, 0.4) is 0 Å². The van der Waals surface area contributed by atoms with E-state index >= 15 is 0 Å². The van der Waals surface area contributed by atoms with Gasteiger partial charge in [0.2, 0.25) is 5.95 Å². The van der Waals surface area contributed by atoms with Gasteiger partial charge in [0.25, 0.3) is 0 Å². The molecule has 0 fully saturated rings. The molecule has 2 rings (SSSR count). The molecule has 0 saturated carbocycles. The largest absolute Gasteiger partial charge is 0.382 e. The minimum absolute atomic E-state index is 0.769. The lowest BCUT2D eigenvalue weighted by Gasteiger charge is -2.08. The van der Waals surface area contributed by atoms with E-state index in [1.807, 2.05) is 24.7 Å². The van der Waals surface area contributed by atoms with Crippen LogP contribution in [0.4, 0.5) is 5.95 Å². The molecule has 2 heterocycles. The summed E-state index contributed by atoms with van der Waals surface area (Å²) >= 11 is 1.66. The topological polar surface area (TPSA) is 52.0 Å². The van der Waals surface area contributed by atoms with Gasteiger partial charge in [0.15, 0.2) is 0 Å². The van der Waals surface area contributed by atoms with E-state index in [4.69, 9.17) is 4.74 Å². The lowest BCUT2D eigenvalue weighted by molar-refractivity contribution is 0.147. The molecule has 0 unspecified atom stereocenters. The molecular weight excluding hydrogens is 248 g/mol. The lowest BCUT2D eigenvalue weighted by atomic mass is 10.4. The standard InChI is InChI=1S/C12H18N4OS/c1-2-17-8-3-4-14-12-15-5-7-16(12)10-11-13-6-9-18-11/h5-7,9H,2-4,8,10H2,1H3,(H,14,15). The van der Waals surface area contributed by atoms with Gasteiger partial charge in [-0.3, -0.25) is 0 Å². The Morgan fingerprint density at radius 1 is 1.39 bits per heavy atom. The summed E-state index contributed by atoms with van der Waals surface area (Å²) < 4.78 is 7.36. The fourth-order valence-electron chi connectivity index (χ4n) is 1.60. The number of hydrogen-bond donors (Lipinski definition) is 1. The molecule has 18 heavy (non-hydrogen) atoms. The first-order valence-corrected chi connectivity index (χ1v) is 6.99. The summed E-state index contributed by atoms with van der Waals surface area (Å²) in [4.78, 5) is 8.58. The summed E-state index contributed by atoms with van der Waals surface area (Å²) in [5.74, 6) is 0.890. The highest BCUT2D eigenvalue weighted by molar-refractivity contribution is 7.09. The van der Waals surface area contributed by atoms with Gasteiger partial charge in [-0.05, 0) is 13.3 Å². The van der Waals surface area contributed by atoms with Crippen LogP contribution in [0.1, 0.15) is 18.4 Å². The van der Waals surface area contributed by atoms with E-state index in [1.54, 1.807) is 17.5 Å². The maximum atomic E-state index is 5.29. The van der Waals surface area contributed by atoms with Crippen molar-refractivity contribution in [1.82, 2.24) is 14.5 Å². The molecule has 0 spiro atoms. The van der Waals surface area contributed by atoms with E-state index < -0.39 is 0 Å². The highest BCUT2D eigenvalue weighted by Crippen LogP contribution is 2.11. The minimum Gasteiger partial charge on any atom is -0.382 e. The van der Waals surface area contributed by atoms with Gasteiger partial charge in [-0.15, -0.1) is 11.3 Å². The predicted octanol–water partition coefficient (Wildman–Crippen LogP) is 2.23. The van der Waals surface area contributed by atoms with Crippen molar-refractivity contribution in [1.29, 1.82) is 0 Å². The molecule has 0 aliphatic heterocycles. The van der Waals surface area contributed by atoms with Crippen molar-refractivity contribution in [3.8, 4) is 0 Å². The summed E-state index contributed by atoms with van der Waals surface area (Å²) in [5, 5.41) is 6.39. The minimum atomic E-state index is 0.769. The van der Waals surface area contributed by atoms with Crippen molar-refractivity contribution >= 4 is 17.3 Å². The van der Waals surface area contributed by atoms with E-state index in [1.165, 1.54) is 0 Å². The molecule has 0 atom stereocenters. The first-order valence-electron chi connectivity index (χ1n) is 6.11. The number of hydrogen-bond acceptors (Lipinski definition) is 5. The molecule has 2 aromatic heterocycles. The number of anilines is 1. The third-order valence-corrected chi connectivity index (χ3v) is 3.22. The highest BCUT2D eigenvalue weighted by Gasteiger charge is 2.04. The van der Waals surface area contributed by atoms with Crippen LogP contribution in [0, 0.1) is 0 Å². The Morgan fingerprint density at radius 3 is 3.11 bits per heavy atom. The first kappa shape index (κ1) is 13.0. The Kier molecular flexibility index (Phi) is 5.16. The van der Waals surface area contributed by atoms with Gasteiger partial charge in [-0.2, -0.15) is 0 Å². The van der Waals surface area contributed by atoms with E-state index in [9.17, 15) is 0 Å². The Morgan fingerprint density at radius 2 is 2.33 bits per heavy atom. The zero-order valence-electron chi connectivity index (χ0n) is 10.5. The second-order valence-electron chi connectivity index (χ2n) is 3.78.